The lowest BCUT2D eigenvalue weighted by molar-refractivity contribution is 0.0615. The second-order valence-electron chi connectivity index (χ2n) is 4.31. The molecule has 1 aliphatic rings. The second kappa shape index (κ2) is 4.24. The highest BCUT2D eigenvalue weighted by Gasteiger charge is 2.31. The minimum absolute atomic E-state index is 0.354. The summed E-state index contributed by atoms with van der Waals surface area (Å²) in [5.41, 5.74) is 0. The molecule has 1 aliphatic carbocycles. The van der Waals surface area contributed by atoms with Gasteiger partial charge in [-0.3, -0.25) is 0 Å². The average Bonchev–Trinajstić information content (AvgIpc) is 2.03. The minimum atomic E-state index is 0.354. The van der Waals surface area contributed by atoms with Crippen molar-refractivity contribution in [1.29, 1.82) is 0 Å². The van der Waals surface area contributed by atoms with Gasteiger partial charge in [-0.05, 0) is 38.8 Å². The van der Waals surface area contributed by atoms with Gasteiger partial charge in [0.15, 0.2) is 0 Å². The molecule has 0 aromatic rings. The highest BCUT2D eigenvalue weighted by atomic mass is 16.3. The molecule has 3 atom stereocenters. The van der Waals surface area contributed by atoms with Crippen LogP contribution >= 0.6 is 0 Å². The van der Waals surface area contributed by atoms with Crippen LogP contribution in [0.2, 0.25) is 0 Å². The summed E-state index contributed by atoms with van der Waals surface area (Å²) < 4.78 is 0. The van der Waals surface area contributed by atoms with E-state index in [1.807, 2.05) is 0 Å². The molecule has 0 aromatic heterocycles. The monoisotopic (exact) mass is 171 g/mol. The van der Waals surface area contributed by atoms with Crippen LogP contribution in [0.15, 0.2) is 0 Å². The van der Waals surface area contributed by atoms with E-state index in [-0.39, 0.29) is 0 Å². The standard InChI is InChI=1S/C10H21NO/c1-8-5-4-6-9(7-12)10(8)11(2)3/h8-10,12H,4-7H2,1-3H3/t8?,9-,10+/m1/s1. The number of aliphatic hydroxyl groups is 1. The van der Waals surface area contributed by atoms with Crippen LogP contribution < -0.4 is 0 Å². The molecule has 72 valence electrons. The van der Waals surface area contributed by atoms with Gasteiger partial charge in [0, 0.05) is 12.6 Å². The Morgan fingerprint density at radius 2 is 2.00 bits per heavy atom. The maximum absolute atomic E-state index is 9.20. The summed E-state index contributed by atoms with van der Waals surface area (Å²) >= 11 is 0. The Morgan fingerprint density at radius 1 is 1.33 bits per heavy atom. The molecule has 0 radical (unpaired) electrons. The third-order valence-electron chi connectivity index (χ3n) is 3.13. The van der Waals surface area contributed by atoms with Gasteiger partial charge in [-0.15, -0.1) is 0 Å². The smallest absolute Gasteiger partial charge is 0.0474 e. The van der Waals surface area contributed by atoms with Crippen LogP contribution in [0, 0.1) is 11.8 Å². The van der Waals surface area contributed by atoms with E-state index in [1.54, 1.807) is 0 Å². The number of hydrogen-bond donors (Lipinski definition) is 1. The summed E-state index contributed by atoms with van der Waals surface area (Å²) in [7, 11) is 4.24. The molecule has 1 saturated carbocycles. The van der Waals surface area contributed by atoms with Crippen molar-refractivity contribution in [3.63, 3.8) is 0 Å². The van der Waals surface area contributed by atoms with Gasteiger partial charge in [0.25, 0.3) is 0 Å². The van der Waals surface area contributed by atoms with E-state index >= 15 is 0 Å². The van der Waals surface area contributed by atoms with Gasteiger partial charge in [-0.25, -0.2) is 0 Å². The van der Waals surface area contributed by atoms with Crippen LogP contribution in [0.4, 0.5) is 0 Å². The Kier molecular flexibility index (Phi) is 3.53. The van der Waals surface area contributed by atoms with E-state index in [9.17, 15) is 5.11 Å². The van der Waals surface area contributed by atoms with E-state index in [4.69, 9.17) is 0 Å². The van der Waals surface area contributed by atoms with Gasteiger partial charge in [0.2, 0.25) is 0 Å². The highest BCUT2D eigenvalue weighted by molar-refractivity contribution is 4.84. The van der Waals surface area contributed by atoms with E-state index in [1.165, 1.54) is 19.3 Å². The van der Waals surface area contributed by atoms with Crippen molar-refractivity contribution in [2.45, 2.75) is 32.2 Å². The van der Waals surface area contributed by atoms with Crippen molar-refractivity contribution in [1.82, 2.24) is 4.90 Å². The maximum Gasteiger partial charge on any atom is 0.0474 e. The average molecular weight is 171 g/mol. The lowest BCUT2D eigenvalue weighted by atomic mass is 9.77. The Hall–Kier alpha value is -0.0800. The van der Waals surface area contributed by atoms with E-state index in [2.05, 4.69) is 25.9 Å². The lowest BCUT2D eigenvalue weighted by Crippen LogP contribution is -2.44. The first-order valence-electron chi connectivity index (χ1n) is 4.94. The second-order valence-corrected chi connectivity index (χ2v) is 4.31. The van der Waals surface area contributed by atoms with Crippen molar-refractivity contribution in [2.24, 2.45) is 11.8 Å². The van der Waals surface area contributed by atoms with Gasteiger partial charge in [0.05, 0.1) is 0 Å². The Bertz CT molecular complexity index is 136. The highest BCUT2D eigenvalue weighted by Crippen LogP contribution is 2.31. The number of rotatable bonds is 2. The molecule has 12 heavy (non-hydrogen) atoms. The molecule has 0 aliphatic heterocycles. The molecule has 0 spiro atoms. The maximum atomic E-state index is 9.20. The summed E-state index contributed by atoms with van der Waals surface area (Å²) in [6, 6.07) is 0.587. The molecule has 0 aromatic carbocycles. The van der Waals surface area contributed by atoms with Gasteiger partial charge in [-0.2, -0.15) is 0 Å². The predicted molar refractivity (Wildman–Crippen MR) is 51.1 cm³/mol. The molecule has 0 heterocycles. The summed E-state index contributed by atoms with van der Waals surface area (Å²) in [5, 5.41) is 9.20. The van der Waals surface area contributed by atoms with Gasteiger partial charge >= 0.3 is 0 Å². The fourth-order valence-electron chi connectivity index (χ4n) is 2.64. The largest absolute Gasteiger partial charge is 0.396 e. The first-order valence-corrected chi connectivity index (χ1v) is 4.94. The fourth-order valence-corrected chi connectivity index (χ4v) is 2.64. The molecule has 0 bridgehead atoms. The molecule has 2 heteroatoms. The van der Waals surface area contributed by atoms with Crippen molar-refractivity contribution in [3.05, 3.63) is 0 Å². The molecule has 0 saturated heterocycles. The number of nitrogens with zero attached hydrogens (tertiary/aromatic N) is 1. The molecular formula is C10H21NO. The van der Waals surface area contributed by atoms with Gasteiger partial charge < -0.3 is 10.0 Å². The molecule has 1 unspecified atom stereocenters. The van der Waals surface area contributed by atoms with Crippen LogP contribution in [-0.4, -0.2) is 36.8 Å². The Balaban J connectivity index is 2.59. The molecule has 1 rings (SSSR count). The third kappa shape index (κ3) is 1.99. The van der Waals surface area contributed by atoms with Crippen LogP contribution in [0.3, 0.4) is 0 Å². The van der Waals surface area contributed by atoms with Crippen molar-refractivity contribution < 1.29 is 5.11 Å². The van der Waals surface area contributed by atoms with Crippen molar-refractivity contribution in [2.75, 3.05) is 20.7 Å². The molecule has 1 fully saturated rings. The Labute approximate surface area is 75.6 Å². The van der Waals surface area contributed by atoms with E-state index < -0.39 is 0 Å². The number of aliphatic hydroxyl groups excluding tert-OH is 1. The SMILES string of the molecule is CC1CCC[C@H](CO)[C@H]1N(C)C. The van der Waals surface area contributed by atoms with Crippen LogP contribution in [0.1, 0.15) is 26.2 Å². The zero-order chi connectivity index (χ0) is 9.14. The topological polar surface area (TPSA) is 23.5 Å². The summed E-state index contributed by atoms with van der Waals surface area (Å²) in [6.07, 6.45) is 3.81. The fraction of sp³-hybridized carbons (Fsp3) is 1.00. The summed E-state index contributed by atoms with van der Waals surface area (Å²) in [5.74, 6) is 1.25. The van der Waals surface area contributed by atoms with Gasteiger partial charge in [-0.1, -0.05) is 13.3 Å². The lowest BCUT2D eigenvalue weighted by Gasteiger charge is -2.39. The normalized spacial score (nSPS) is 37.2. The van der Waals surface area contributed by atoms with Crippen LogP contribution in [-0.2, 0) is 0 Å². The first-order chi connectivity index (χ1) is 5.66. The minimum Gasteiger partial charge on any atom is -0.396 e. The Morgan fingerprint density at radius 3 is 2.42 bits per heavy atom. The first kappa shape index (κ1) is 10.0. The number of hydrogen-bond acceptors (Lipinski definition) is 2. The quantitative estimate of drug-likeness (QED) is 0.678. The molecule has 1 N–H and O–H groups in total. The van der Waals surface area contributed by atoms with Crippen molar-refractivity contribution in [3.8, 4) is 0 Å². The van der Waals surface area contributed by atoms with Crippen LogP contribution in [0.5, 0.6) is 0 Å². The third-order valence-corrected chi connectivity index (χ3v) is 3.13. The zero-order valence-corrected chi connectivity index (χ0v) is 8.45. The predicted octanol–water partition coefficient (Wildman–Crippen LogP) is 1.35. The van der Waals surface area contributed by atoms with Crippen molar-refractivity contribution >= 4 is 0 Å². The molecule has 2 nitrogen and oxygen atoms in total. The summed E-state index contributed by atoms with van der Waals surface area (Å²) in [4.78, 5) is 2.27. The van der Waals surface area contributed by atoms with E-state index in [0.717, 1.165) is 5.92 Å². The van der Waals surface area contributed by atoms with Crippen LogP contribution in [0.25, 0.3) is 0 Å². The molecule has 0 amide bonds. The zero-order valence-electron chi connectivity index (χ0n) is 8.45. The van der Waals surface area contributed by atoms with E-state index in [0.29, 0.717) is 18.6 Å². The molecular weight excluding hydrogens is 150 g/mol. The summed E-state index contributed by atoms with van der Waals surface area (Å²) in [6.45, 7) is 2.65. The van der Waals surface area contributed by atoms with Gasteiger partial charge in [0.1, 0.15) is 0 Å².